The number of rotatable bonds is 5. The minimum absolute atomic E-state index is 0.0487. The van der Waals surface area contributed by atoms with E-state index in [9.17, 15) is 13.6 Å². The number of nitrogens with one attached hydrogen (secondary N) is 1. The molecule has 4 rings (SSSR count). The topological polar surface area (TPSA) is 90.0 Å². The van der Waals surface area contributed by atoms with Crippen LogP contribution in [0.2, 0.25) is 0 Å². The van der Waals surface area contributed by atoms with Crippen LogP contribution < -0.4 is 5.32 Å². The molecule has 8 nitrogen and oxygen atoms in total. The second-order valence-corrected chi connectivity index (χ2v) is 6.94. The van der Waals surface area contributed by atoms with Crippen LogP contribution in [-0.2, 0) is 11.2 Å². The van der Waals surface area contributed by atoms with E-state index in [4.69, 9.17) is 0 Å². The molecule has 154 valence electrons. The zero-order valence-corrected chi connectivity index (χ0v) is 16.6. The summed E-state index contributed by atoms with van der Waals surface area (Å²) in [5.74, 6) is -0.605. The Hall–Kier alpha value is -3.69. The number of anilines is 1. The molecule has 0 atom stereocenters. The first-order chi connectivity index (χ1) is 14.3. The third-order valence-electron chi connectivity index (χ3n) is 4.87. The van der Waals surface area contributed by atoms with Crippen molar-refractivity contribution in [2.24, 2.45) is 0 Å². The SMILES string of the molecule is Cc1nn(-c2ccc3nnc(C)n3n2)c(C)c1CCC(=O)Nc1ccc(F)cc1F. The average molecular weight is 411 g/mol. The van der Waals surface area contributed by atoms with E-state index in [0.717, 1.165) is 29.1 Å². The van der Waals surface area contributed by atoms with Crippen LogP contribution in [0, 0.1) is 32.4 Å². The lowest BCUT2D eigenvalue weighted by molar-refractivity contribution is -0.116. The van der Waals surface area contributed by atoms with Crippen LogP contribution in [-0.4, -0.2) is 35.5 Å². The van der Waals surface area contributed by atoms with Crippen molar-refractivity contribution < 1.29 is 13.6 Å². The van der Waals surface area contributed by atoms with Crippen molar-refractivity contribution in [2.45, 2.75) is 33.6 Å². The Labute approximate surface area is 170 Å². The summed E-state index contributed by atoms with van der Waals surface area (Å²) in [6, 6.07) is 6.64. The number of carbonyl (C=O) groups excluding carboxylic acids is 1. The molecule has 0 saturated carbocycles. The molecule has 30 heavy (non-hydrogen) atoms. The Bertz CT molecular complexity index is 1260. The van der Waals surface area contributed by atoms with Crippen LogP contribution in [0.3, 0.4) is 0 Å². The van der Waals surface area contributed by atoms with Gasteiger partial charge in [-0.3, -0.25) is 4.79 Å². The first kappa shape index (κ1) is 19.6. The summed E-state index contributed by atoms with van der Waals surface area (Å²) in [5, 5.41) is 19.6. The van der Waals surface area contributed by atoms with Crippen LogP contribution >= 0.6 is 0 Å². The number of nitrogens with zero attached hydrogens (tertiary/aromatic N) is 6. The monoisotopic (exact) mass is 411 g/mol. The number of hydrogen-bond donors (Lipinski definition) is 1. The van der Waals surface area contributed by atoms with E-state index in [0.29, 0.717) is 23.7 Å². The smallest absolute Gasteiger partial charge is 0.224 e. The number of amides is 1. The molecule has 0 unspecified atom stereocenters. The van der Waals surface area contributed by atoms with Crippen LogP contribution in [0.4, 0.5) is 14.5 Å². The molecule has 3 aromatic heterocycles. The van der Waals surface area contributed by atoms with E-state index < -0.39 is 11.6 Å². The quantitative estimate of drug-likeness (QED) is 0.545. The molecule has 0 aliphatic heterocycles. The molecule has 0 aliphatic rings. The molecule has 1 amide bonds. The highest BCUT2D eigenvalue weighted by Gasteiger charge is 2.16. The highest BCUT2D eigenvalue weighted by atomic mass is 19.1. The molecule has 1 aromatic carbocycles. The van der Waals surface area contributed by atoms with Gasteiger partial charge in [0.05, 0.1) is 11.4 Å². The molecular formula is C20H19F2N7O. The fourth-order valence-corrected chi connectivity index (χ4v) is 3.30. The van der Waals surface area contributed by atoms with Crippen molar-refractivity contribution in [1.82, 2.24) is 29.6 Å². The lowest BCUT2D eigenvalue weighted by Gasteiger charge is -2.07. The van der Waals surface area contributed by atoms with Gasteiger partial charge >= 0.3 is 0 Å². The number of carbonyl (C=O) groups is 1. The van der Waals surface area contributed by atoms with Crippen molar-refractivity contribution >= 4 is 17.2 Å². The largest absolute Gasteiger partial charge is 0.324 e. The van der Waals surface area contributed by atoms with Gasteiger partial charge < -0.3 is 5.32 Å². The van der Waals surface area contributed by atoms with E-state index in [1.165, 1.54) is 6.07 Å². The van der Waals surface area contributed by atoms with Gasteiger partial charge in [0.2, 0.25) is 5.91 Å². The summed E-state index contributed by atoms with van der Waals surface area (Å²) in [5.41, 5.74) is 3.13. The molecule has 0 bridgehead atoms. The molecule has 4 aromatic rings. The number of aromatic nitrogens is 6. The Kier molecular flexibility index (Phi) is 4.98. The molecule has 10 heteroatoms. The summed E-state index contributed by atoms with van der Waals surface area (Å²) < 4.78 is 30.1. The first-order valence-electron chi connectivity index (χ1n) is 9.33. The van der Waals surface area contributed by atoms with Crippen molar-refractivity contribution in [3.63, 3.8) is 0 Å². The standard InChI is InChI=1S/C20H19F2N7O/c1-11-15(5-9-20(30)23-17-6-4-14(21)10-16(17)22)12(2)28(26-11)19-8-7-18-25-24-13(3)29(18)27-19/h4,6-8,10H,5,9H2,1-3H3,(H,23,30). The Morgan fingerprint density at radius 3 is 2.63 bits per heavy atom. The molecule has 1 N–H and O–H groups in total. The van der Waals surface area contributed by atoms with Gasteiger partial charge in [-0.05, 0) is 57.0 Å². The van der Waals surface area contributed by atoms with Crippen molar-refractivity contribution in [2.75, 3.05) is 5.32 Å². The fraction of sp³-hybridized carbons (Fsp3) is 0.250. The summed E-state index contributed by atoms with van der Waals surface area (Å²) in [4.78, 5) is 12.2. The van der Waals surface area contributed by atoms with Gasteiger partial charge in [-0.1, -0.05) is 0 Å². The van der Waals surface area contributed by atoms with Gasteiger partial charge in [-0.25, -0.2) is 13.5 Å². The van der Waals surface area contributed by atoms with Gasteiger partial charge in [-0.2, -0.15) is 9.61 Å². The Morgan fingerprint density at radius 1 is 1.07 bits per heavy atom. The zero-order chi connectivity index (χ0) is 21.4. The summed E-state index contributed by atoms with van der Waals surface area (Å²) in [6.07, 6.45) is 0.543. The second kappa shape index (κ2) is 7.62. The van der Waals surface area contributed by atoms with E-state index in [-0.39, 0.29) is 18.0 Å². The number of hydrogen-bond acceptors (Lipinski definition) is 5. The van der Waals surface area contributed by atoms with Crippen LogP contribution in [0.15, 0.2) is 30.3 Å². The molecule has 3 heterocycles. The first-order valence-corrected chi connectivity index (χ1v) is 9.33. The van der Waals surface area contributed by atoms with Crippen molar-refractivity contribution in [1.29, 1.82) is 0 Å². The van der Waals surface area contributed by atoms with Crippen LogP contribution in [0.5, 0.6) is 0 Å². The molecular weight excluding hydrogens is 392 g/mol. The predicted molar refractivity (Wildman–Crippen MR) is 105 cm³/mol. The highest BCUT2D eigenvalue weighted by molar-refractivity contribution is 5.90. The van der Waals surface area contributed by atoms with Crippen LogP contribution in [0.25, 0.3) is 11.5 Å². The minimum Gasteiger partial charge on any atom is -0.324 e. The van der Waals surface area contributed by atoms with Crippen molar-refractivity contribution in [3.8, 4) is 5.82 Å². The zero-order valence-electron chi connectivity index (χ0n) is 16.6. The van der Waals surface area contributed by atoms with Gasteiger partial charge in [0.25, 0.3) is 0 Å². The Balaban J connectivity index is 1.51. The Morgan fingerprint density at radius 2 is 1.87 bits per heavy atom. The van der Waals surface area contributed by atoms with Crippen LogP contribution in [0.1, 0.15) is 29.2 Å². The number of benzene rings is 1. The van der Waals surface area contributed by atoms with E-state index in [1.807, 2.05) is 26.8 Å². The maximum atomic E-state index is 13.7. The van der Waals surface area contributed by atoms with Crippen molar-refractivity contribution in [3.05, 3.63) is 64.7 Å². The lowest BCUT2D eigenvalue weighted by Crippen LogP contribution is -2.14. The van der Waals surface area contributed by atoms with E-state index in [1.54, 1.807) is 15.3 Å². The molecule has 0 fully saturated rings. The van der Waals surface area contributed by atoms with E-state index >= 15 is 0 Å². The fourth-order valence-electron chi connectivity index (χ4n) is 3.30. The number of halogens is 2. The molecule has 0 saturated heterocycles. The minimum atomic E-state index is -0.811. The average Bonchev–Trinajstić information content (AvgIpc) is 3.21. The van der Waals surface area contributed by atoms with Gasteiger partial charge in [-0.15, -0.1) is 15.3 Å². The molecule has 0 radical (unpaired) electrons. The lowest BCUT2D eigenvalue weighted by atomic mass is 10.1. The number of aryl methyl sites for hydroxylation is 2. The maximum Gasteiger partial charge on any atom is 0.224 e. The highest BCUT2D eigenvalue weighted by Crippen LogP contribution is 2.20. The predicted octanol–water partition coefficient (Wildman–Crippen LogP) is 3.08. The van der Waals surface area contributed by atoms with E-state index in [2.05, 4.69) is 25.7 Å². The third kappa shape index (κ3) is 3.63. The molecule has 0 aliphatic carbocycles. The van der Waals surface area contributed by atoms with Gasteiger partial charge in [0.1, 0.15) is 11.6 Å². The molecule has 0 spiro atoms. The summed E-state index contributed by atoms with van der Waals surface area (Å²) >= 11 is 0. The summed E-state index contributed by atoms with van der Waals surface area (Å²) in [6.45, 7) is 5.57. The third-order valence-corrected chi connectivity index (χ3v) is 4.87. The van der Waals surface area contributed by atoms with Gasteiger partial charge in [0, 0.05) is 18.2 Å². The number of fused-ring (bicyclic) bond motifs is 1. The second-order valence-electron chi connectivity index (χ2n) is 6.94. The summed E-state index contributed by atoms with van der Waals surface area (Å²) in [7, 11) is 0. The van der Waals surface area contributed by atoms with Gasteiger partial charge in [0.15, 0.2) is 17.3 Å². The normalized spacial score (nSPS) is 11.2. The maximum absolute atomic E-state index is 13.7.